The minimum Gasteiger partial charge on any atom is -0.469 e. The molecule has 6 nitrogen and oxygen atoms in total. The van der Waals surface area contributed by atoms with Gasteiger partial charge in [0.1, 0.15) is 5.76 Å². The van der Waals surface area contributed by atoms with E-state index < -0.39 is 0 Å². The van der Waals surface area contributed by atoms with E-state index in [0.717, 1.165) is 43.8 Å². The van der Waals surface area contributed by atoms with Gasteiger partial charge in [-0.3, -0.25) is 9.79 Å². The maximum atomic E-state index is 11.4. The molecule has 0 radical (unpaired) electrons. The molecule has 2 heterocycles. The highest BCUT2D eigenvalue weighted by Gasteiger charge is 2.22. The van der Waals surface area contributed by atoms with Gasteiger partial charge in [0.05, 0.1) is 6.26 Å². The van der Waals surface area contributed by atoms with Crippen LogP contribution in [-0.2, 0) is 24.1 Å². The topological polar surface area (TPSA) is 78.7 Å². The summed E-state index contributed by atoms with van der Waals surface area (Å²) in [6.45, 7) is 1.30. The number of carbonyl (C=O) groups excluding carboxylic acids is 1. The zero-order valence-corrected chi connectivity index (χ0v) is 16.1. The summed E-state index contributed by atoms with van der Waals surface area (Å²) in [4.78, 5) is 16.2. The molecule has 1 aliphatic carbocycles. The van der Waals surface area contributed by atoms with Gasteiger partial charge in [-0.2, -0.15) is 0 Å². The first kappa shape index (κ1) is 18.6. The van der Waals surface area contributed by atoms with Gasteiger partial charge in [-0.25, -0.2) is 0 Å². The lowest BCUT2D eigenvalue weighted by molar-refractivity contribution is -0.122. The first-order valence-corrected chi connectivity index (χ1v) is 10.2. The lowest BCUT2D eigenvalue weighted by atomic mass is 9.88. The van der Waals surface area contributed by atoms with Crippen molar-refractivity contribution in [3.05, 3.63) is 59.5 Å². The van der Waals surface area contributed by atoms with Gasteiger partial charge in [0.15, 0.2) is 5.96 Å². The number of furan rings is 1. The van der Waals surface area contributed by atoms with Crippen LogP contribution in [0.5, 0.6) is 0 Å². The summed E-state index contributed by atoms with van der Waals surface area (Å²) < 4.78 is 5.41. The number of nitrogens with one attached hydrogen (secondary N) is 3. The number of carbonyl (C=O) groups is 1. The maximum absolute atomic E-state index is 11.4. The molecule has 2 aliphatic rings. The Kier molecular flexibility index (Phi) is 5.95. The number of rotatable bonds is 5. The number of aliphatic imine (C=N–C) groups is 1. The number of hydrogen-bond donors (Lipinski definition) is 3. The normalized spacial score (nSPS) is 22.3. The molecule has 2 aromatic rings. The van der Waals surface area contributed by atoms with E-state index >= 15 is 0 Å². The van der Waals surface area contributed by atoms with Crippen molar-refractivity contribution in [2.24, 2.45) is 4.99 Å². The monoisotopic (exact) mass is 380 g/mol. The summed E-state index contributed by atoms with van der Waals surface area (Å²) >= 11 is 0. The van der Waals surface area contributed by atoms with E-state index in [-0.39, 0.29) is 11.9 Å². The Morgan fingerprint density at radius 2 is 1.89 bits per heavy atom. The predicted molar refractivity (Wildman–Crippen MR) is 109 cm³/mol. The van der Waals surface area contributed by atoms with Crippen LogP contribution in [0, 0.1) is 0 Å². The lowest BCUT2D eigenvalue weighted by Gasteiger charge is -2.30. The summed E-state index contributed by atoms with van der Waals surface area (Å²) in [5.41, 5.74) is 2.88. The van der Waals surface area contributed by atoms with Gasteiger partial charge in [-0.1, -0.05) is 24.3 Å². The van der Waals surface area contributed by atoms with Crippen LogP contribution >= 0.6 is 0 Å². The second-order valence-electron chi connectivity index (χ2n) is 7.60. The lowest BCUT2D eigenvalue weighted by Crippen LogP contribution is -2.53. The first-order valence-electron chi connectivity index (χ1n) is 10.2. The second kappa shape index (κ2) is 8.95. The number of nitrogens with zero attached hydrogens (tertiary/aromatic N) is 1. The average Bonchev–Trinajstić information content (AvgIpc) is 3.23. The minimum atomic E-state index is 0.131. The molecule has 1 aromatic heterocycles. The summed E-state index contributed by atoms with van der Waals surface area (Å²) in [5.74, 6) is 1.91. The van der Waals surface area contributed by atoms with Crippen LogP contribution in [0.15, 0.2) is 52.1 Å². The number of hydrogen-bond acceptors (Lipinski definition) is 3. The van der Waals surface area contributed by atoms with Crippen molar-refractivity contribution < 1.29 is 9.21 Å². The largest absolute Gasteiger partial charge is 0.469 e. The molecule has 1 saturated heterocycles. The van der Waals surface area contributed by atoms with Gasteiger partial charge in [-0.05, 0) is 48.9 Å². The minimum absolute atomic E-state index is 0.131. The van der Waals surface area contributed by atoms with Gasteiger partial charge in [0.25, 0.3) is 0 Å². The first-order chi connectivity index (χ1) is 13.8. The molecular formula is C22H28N4O2. The molecule has 4 rings (SSSR count). The van der Waals surface area contributed by atoms with Gasteiger partial charge < -0.3 is 20.4 Å². The van der Waals surface area contributed by atoms with Crippen molar-refractivity contribution in [1.29, 1.82) is 0 Å². The van der Waals surface area contributed by atoms with Crippen LogP contribution in [0.4, 0.5) is 0 Å². The van der Waals surface area contributed by atoms with Crippen molar-refractivity contribution in [2.45, 2.75) is 50.6 Å². The quantitative estimate of drug-likeness (QED) is 0.549. The Balaban J connectivity index is 1.39. The molecule has 0 spiro atoms. The molecule has 1 aromatic carbocycles. The number of aryl methyl sites for hydroxylation is 1. The smallest absolute Gasteiger partial charge is 0.220 e. The van der Waals surface area contributed by atoms with Crippen LogP contribution in [0.2, 0.25) is 0 Å². The van der Waals surface area contributed by atoms with Crippen LogP contribution in [0.25, 0.3) is 0 Å². The number of benzene rings is 1. The molecule has 1 aliphatic heterocycles. The molecule has 3 N–H and O–H groups in total. The maximum Gasteiger partial charge on any atom is 0.220 e. The van der Waals surface area contributed by atoms with Crippen LogP contribution < -0.4 is 16.0 Å². The van der Waals surface area contributed by atoms with Crippen molar-refractivity contribution in [1.82, 2.24) is 16.0 Å². The molecule has 2 unspecified atom stereocenters. The zero-order chi connectivity index (χ0) is 19.2. The molecule has 148 valence electrons. The van der Waals surface area contributed by atoms with Gasteiger partial charge in [-0.15, -0.1) is 0 Å². The van der Waals surface area contributed by atoms with Crippen molar-refractivity contribution in [3.8, 4) is 0 Å². The third-order valence-electron chi connectivity index (χ3n) is 5.50. The summed E-state index contributed by atoms with van der Waals surface area (Å²) in [5, 5.41) is 10.1. The number of piperidine rings is 1. The molecule has 1 amide bonds. The summed E-state index contributed by atoms with van der Waals surface area (Å²) in [6.07, 6.45) is 7.06. The number of guanidine groups is 1. The van der Waals surface area contributed by atoms with E-state index in [1.807, 2.05) is 12.1 Å². The standard InChI is InChI=1S/C22H28N4O2/c27-21-10-9-19(15-24-21)26-22(23-12-11-20-6-3-13-28-20)25-18-8-7-16-4-1-2-5-17(16)14-18/h1-6,13,18-19H,7-12,14-15H2,(H,24,27)(H2,23,25,26). The van der Waals surface area contributed by atoms with Gasteiger partial charge in [0, 0.05) is 38.0 Å². The predicted octanol–water partition coefficient (Wildman–Crippen LogP) is 2.19. The van der Waals surface area contributed by atoms with Crippen molar-refractivity contribution >= 4 is 11.9 Å². The van der Waals surface area contributed by atoms with Gasteiger partial charge in [0.2, 0.25) is 5.91 Å². The molecule has 0 saturated carbocycles. The Morgan fingerprint density at radius 1 is 1.07 bits per heavy atom. The van der Waals surface area contributed by atoms with Crippen molar-refractivity contribution in [2.75, 3.05) is 13.1 Å². The van der Waals surface area contributed by atoms with E-state index in [0.29, 0.717) is 25.6 Å². The van der Waals surface area contributed by atoms with E-state index in [1.165, 1.54) is 11.1 Å². The van der Waals surface area contributed by atoms with Crippen LogP contribution in [0.1, 0.15) is 36.1 Å². The SMILES string of the molecule is O=C1CCC(NC(=NCCc2ccco2)NC2CCc3ccccc3C2)CN1. The molecule has 6 heteroatoms. The third kappa shape index (κ3) is 4.94. The van der Waals surface area contributed by atoms with E-state index in [2.05, 4.69) is 40.2 Å². The van der Waals surface area contributed by atoms with E-state index in [9.17, 15) is 4.79 Å². The molecule has 28 heavy (non-hydrogen) atoms. The highest BCUT2D eigenvalue weighted by molar-refractivity contribution is 5.81. The zero-order valence-electron chi connectivity index (χ0n) is 16.1. The number of fused-ring (bicyclic) bond motifs is 1. The van der Waals surface area contributed by atoms with E-state index in [1.54, 1.807) is 6.26 Å². The fourth-order valence-corrected chi connectivity index (χ4v) is 3.93. The van der Waals surface area contributed by atoms with Crippen LogP contribution in [0.3, 0.4) is 0 Å². The molecule has 0 bridgehead atoms. The molecule has 1 fully saturated rings. The third-order valence-corrected chi connectivity index (χ3v) is 5.50. The Labute approximate surface area is 165 Å². The van der Waals surface area contributed by atoms with E-state index in [4.69, 9.17) is 9.41 Å². The fourth-order valence-electron chi connectivity index (χ4n) is 3.93. The summed E-state index contributed by atoms with van der Waals surface area (Å²) in [6, 6.07) is 13.1. The highest BCUT2D eigenvalue weighted by Crippen LogP contribution is 2.21. The van der Waals surface area contributed by atoms with Crippen molar-refractivity contribution in [3.63, 3.8) is 0 Å². The Hall–Kier alpha value is -2.76. The fraction of sp³-hybridized carbons (Fsp3) is 0.455. The molecule has 2 atom stereocenters. The van der Waals surface area contributed by atoms with Crippen LogP contribution in [-0.4, -0.2) is 37.0 Å². The molecular weight excluding hydrogens is 352 g/mol. The Bertz CT molecular complexity index is 806. The average molecular weight is 380 g/mol. The number of amides is 1. The van der Waals surface area contributed by atoms with Gasteiger partial charge >= 0.3 is 0 Å². The summed E-state index contributed by atoms with van der Waals surface area (Å²) in [7, 11) is 0. The second-order valence-corrected chi connectivity index (χ2v) is 7.60. The highest BCUT2D eigenvalue weighted by atomic mass is 16.3. The Morgan fingerprint density at radius 3 is 2.68 bits per heavy atom.